The van der Waals surface area contributed by atoms with E-state index in [4.69, 9.17) is 0 Å². The van der Waals surface area contributed by atoms with E-state index in [1.165, 1.54) is 63.4 Å². The summed E-state index contributed by atoms with van der Waals surface area (Å²) in [6.45, 7) is 11.9. The Morgan fingerprint density at radius 1 is 1.15 bits per heavy atom. The van der Waals surface area contributed by atoms with Gasteiger partial charge in [0.2, 0.25) is 0 Å². The first kappa shape index (κ1) is 14.1. The van der Waals surface area contributed by atoms with Gasteiger partial charge in [-0.1, -0.05) is 29.8 Å². The van der Waals surface area contributed by atoms with Crippen LogP contribution >= 0.6 is 0 Å². The van der Waals surface area contributed by atoms with Gasteiger partial charge in [0.05, 0.1) is 0 Å². The maximum Gasteiger partial charge on any atom is 0.0234 e. The number of nitrogens with one attached hydrogen (secondary N) is 1. The Balaban J connectivity index is 1.43. The van der Waals surface area contributed by atoms with E-state index >= 15 is 0 Å². The Hall–Kier alpha value is -0.900. The first-order valence-electron chi connectivity index (χ1n) is 8.00. The highest BCUT2D eigenvalue weighted by Gasteiger charge is 2.21. The fourth-order valence-electron chi connectivity index (χ4n) is 3.43. The molecule has 3 rings (SSSR count). The van der Waals surface area contributed by atoms with Crippen molar-refractivity contribution in [1.29, 1.82) is 0 Å². The smallest absolute Gasteiger partial charge is 0.0234 e. The molecule has 0 aromatic heterocycles. The van der Waals surface area contributed by atoms with Crippen LogP contribution in [0.15, 0.2) is 24.3 Å². The van der Waals surface area contributed by atoms with Crippen LogP contribution in [0.25, 0.3) is 0 Å². The predicted molar refractivity (Wildman–Crippen MR) is 83.9 cm³/mol. The molecule has 0 bridgehead atoms. The highest BCUT2D eigenvalue weighted by atomic mass is 15.3. The Kier molecular flexibility index (Phi) is 4.71. The number of benzene rings is 1. The molecule has 0 amide bonds. The molecule has 3 heteroatoms. The molecular formula is C17H27N3. The molecule has 2 aliphatic rings. The molecule has 1 N–H and O–H groups in total. The molecule has 2 heterocycles. The van der Waals surface area contributed by atoms with Gasteiger partial charge in [-0.05, 0) is 37.9 Å². The van der Waals surface area contributed by atoms with Gasteiger partial charge in [-0.15, -0.1) is 0 Å². The van der Waals surface area contributed by atoms with Crippen molar-refractivity contribution in [3.63, 3.8) is 0 Å². The zero-order valence-electron chi connectivity index (χ0n) is 12.6. The number of nitrogens with zero attached hydrogens (tertiary/aromatic N) is 2. The molecule has 1 aromatic rings. The molecule has 0 unspecified atom stereocenters. The number of piperazine rings is 1. The van der Waals surface area contributed by atoms with Gasteiger partial charge in [0.25, 0.3) is 0 Å². The molecule has 0 radical (unpaired) electrons. The summed E-state index contributed by atoms with van der Waals surface area (Å²) in [5.41, 5.74) is 2.83. The van der Waals surface area contributed by atoms with Crippen LogP contribution in [0.5, 0.6) is 0 Å². The summed E-state index contributed by atoms with van der Waals surface area (Å²) in [5, 5.41) is 3.47. The summed E-state index contributed by atoms with van der Waals surface area (Å²) < 4.78 is 0. The highest BCUT2D eigenvalue weighted by Crippen LogP contribution is 2.14. The van der Waals surface area contributed by atoms with Crippen molar-refractivity contribution < 1.29 is 0 Å². The van der Waals surface area contributed by atoms with Gasteiger partial charge in [-0.25, -0.2) is 0 Å². The van der Waals surface area contributed by atoms with Crippen molar-refractivity contribution in [3.8, 4) is 0 Å². The monoisotopic (exact) mass is 273 g/mol. The summed E-state index contributed by atoms with van der Waals surface area (Å²) in [6.07, 6.45) is 1.36. The van der Waals surface area contributed by atoms with Crippen molar-refractivity contribution in [1.82, 2.24) is 15.1 Å². The number of aryl methyl sites for hydroxylation is 1. The van der Waals surface area contributed by atoms with Crippen LogP contribution in [-0.2, 0) is 6.54 Å². The number of hydrogen-bond acceptors (Lipinski definition) is 3. The molecule has 2 aliphatic heterocycles. The lowest BCUT2D eigenvalue weighted by molar-refractivity contribution is 0.115. The van der Waals surface area contributed by atoms with Gasteiger partial charge < -0.3 is 10.2 Å². The fourth-order valence-corrected chi connectivity index (χ4v) is 3.43. The van der Waals surface area contributed by atoms with E-state index in [1.54, 1.807) is 0 Å². The average Bonchev–Trinajstić information content (AvgIpc) is 2.94. The Morgan fingerprint density at radius 2 is 1.95 bits per heavy atom. The summed E-state index contributed by atoms with van der Waals surface area (Å²) >= 11 is 0. The third-order valence-electron chi connectivity index (χ3n) is 4.63. The minimum atomic E-state index is 0.887. The highest BCUT2D eigenvalue weighted by molar-refractivity contribution is 5.22. The summed E-state index contributed by atoms with van der Waals surface area (Å²) in [5.74, 6) is 0.887. The van der Waals surface area contributed by atoms with Crippen molar-refractivity contribution in [2.24, 2.45) is 5.92 Å². The second-order valence-corrected chi connectivity index (χ2v) is 6.42. The zero-order chi connectivity index (χ0) is 13.8. The molecule has 20 heavy (non-hydrogen) atoms. The van der Waals surface area contributed by atoms with Crippen LogP contribution in [0.4, 0.5) is 0 Å². The minimum Gasteiger partial charge on any atom is -0.316 e. The maximum atomic E-state index is 3.47. The van der Waals surface area contributed by atoms with E-state index < -0.39 is 0 Å². The summed E-state index contributed by atoms with van der Waals surface area (Å²) in [4.78, 5) is 5.25. The molecule has 3 nitrogen and oxygen atoms in total. The van der Waals surface area contributed by atoms with E-state index in [2.05, 4.69) is 46.3 Å². The second kappa shape index (κ2) is 6.70. The first-order valence-corrected chi connectivity index (χ1v) is 8.00. The third kappa shape index (κ3) is 3.81. The van der Waals surface area contributed by atoms with E-state index in [0.717, 1.165) is 12.5 Å². The van der Waals surface area contributed by atoms with Gasteiger partial charge in [-0.2, -0.15) is 0 Å². The minimum absolute atomic E-state index is 0.887. The van der Waals surface area contributed by atoms with E-state index in [0.29, 0.717) is 0 Å². The predicted octanol–water partition coefficient (Wildman–Crippen LogP) is 1.72. The fraction of sp³-hybridized carbons (Fsp3) is 0.647. The molecule has 1 atom stereocenters. The Morgan fingerprint density at radius 3 is 2.65 bits per heavy atom. The molecular weight excluding hydrogens is 246 g/mol. The molecule has 0 spiro atoms. The van der Waals surface area contributed by atoms with Crippen LogP contribution < -0.4 is 5.32 Å². The molecule has 2 saturated heterocycles. The lowest BCUT2D eigenvalue weighted by Gasteiger charge is -2.35. The maximum absolute atomic E-state index is 3.47. The quantitative estimate of drug-likeness (QED) is 0.901. The van der Waals surface area contributed by atoms with E-state index in [9.17, 15) is 0 Å². The zero-order valence-corrected chi connectivity index (χ0v) is 12.6. The van der Waals surface area contributed by atoms with Crippen molar-refractivity contribution in [3.05, 3.63) is 35.4 Å². The summed E-state index contributed by atoms with van der Waals surface area (Å²) in [7, 11) is 0. The third-order valence-corrected chi connectivity index (χ3v) is 4.63. The van der Waals surface area contributed by atoms with Crippen LogP contribution in [0.3, 0.4) is 0 Å². The van der Waals surface area contributed by atoms with Gasteiger partial charge in [0, 0.05) is 39.3 Å². The topological polar surface area (TPSA) is 18.5 Å². The van der Waals surface area contributed by atoms with Crippen molar-refractivity contribution in [2.75, 3.05) is 45.8 Å². The van der Waals surface area contributed by atoms with Crippen LogP contribution in [0, 0.1) is 12.8 Å². The second-order valence-electron chi connectivity index (χ2n) is 6.42. The molecule has 0 saturated carbocycles. The van der Waals surface area contributed by atoms with Crippen molar-refractivity contribution >= 4 is 0 Å². The molecule has 0 aliphatic carbocycles. The average molecular weight is 273 g/mol. The van der Waals surface area contributed by atoms with Crippen molar-refractivity contribution in [2.45, 2.75) is 19.9 Å². The molecule has 110 valence electrons. The van der Waals surface area contributed by atoms with Gasteiger partial charge in [-0.3, -0.25) is 4.90 Å². The Bertz CT molecular complexity index is 418. The molecule has 2 fully saturated rings. The van der Waals surface area contributed by atoms with Crippen LogP contribution in [0.2, 0.25) is 0 Å². The lowest BCUT2D eigenvalue weighted by atomic mass is 10.1. The van der Waals surface area contributed by atoms with Gasteiger partial charge >= 0.3 is 0 Å². The van der Waals surface area contributed by atoms with Gasteiger partial charge in [0.1, 0.15) is 0 Å². The van der Waals surface area contributed by atoms with Crippen LogP contribution in [0.1, 0.15) is 17.5 Å². The largest absolute Gasteiger partial charge is 0.316 e. The van der Waals surface area contributed by atoms with Crippen LogP contribution in [-0.4, -0.2) is 55.6 Å². The standard InChI is InChI=1S/C17H27N3/c1-15-3-2-4-16(11-15)13-19-7-9-20(10-8-19)14-17-5-6-18-12-17/h2-4,11,17-18H,5-10,12-14H2,1H3/t17-/m0/s1. The van der Waals surface area contributed by atoms with E-state index in [1.807, 2.05) is 0 Å². The first-order chi connectivity index (χ1) is 9.79. The summed E-state index contributed by atoms with van der Waals surface area (Å²) in [6, 6.07) is 8.92. The molecule has 1 aromatic carbocycles. The van der Waals surface area contributed by atoms with E-state index in [-0.39, 0.29) is 0 Å². The number of rotatable bonds is 4. The van der Waals surface area contributed by atoms with Gasteiger partial charge in [0.15, 0.2) is 0 Å². The number of hydrogen-bond donors (Lipinski definition) is 1. The Labute approximate surface area is 123 Å². The lowest BCUT2D eigenvalue weighted by Crippen LogP contribution is -2.47. The normalized spacial score (nSPS) is 25.1. The SMILES string of the molecule is Cc1cccc(CN2CCN(C[C@H]3CCNC3)CC2)c1.